The number of halogens is 2. The van der Waals surface area contributed by atoms with Crippen LogP contribution in [0.4, 0.5) is 0 Å². The lowest BCUT2D eigenvalue weighted by Gasteiger charge is -2.36. The van der Waals surface area contributed by atoms with Gasteiger partial charge in [-0.15, -0.1) is 0 Å². The fourth-order valence-corrected chi connectivity index (χ4v) is 4.24. The Labute approximate surface area is 131 Å². The molecule has 2 aliphatic heterocycles. The van der Waals surface area contributed by atoms with Crippen LogP contribution in [0.5, 0.6) is 0 Å². The van der Waals surface area contributed by atoms with Gasteiger partial charge in [-0.05, 0) is 63.4 Å². The molecule has 0 aliphatic carbocycles. The van der Waals surface area contributed by atoms with E-state index in [1.54, 1.807) is 0 Å². The van der Waals surface area contributed by atoms with Crippen molar-refractivity contribution >= 4 is 23.2 Å². The van der Waals surface area contributed by atoms with Crippen LogP contribution in [-0.4, -0.2) is 30.1 Å². The molecule has 0 radical (unpaired) electrons. The Kier molecular flexibility index (Phi) is 4.56. The molecule has 0 spiro atoms. The van der Waals surface area contributed by atoms with E-state index in [2.05, 4.69) is 17.1 Å². The van der Waals surface area contributed by atoms with E-state index in [0.717, 1.165) is 16.6 Å². The van der Waals surface area contributed by atoms with Crippen molar-refractivity contribution < 1.29 is 0 Å². The number of rotatable bonds is 3. The Morgan fingerprint density at radius 3 is 2.90 bits per heavy atom. The molecular weight excluding hydrogens is 291 g/mol. The van der Waals surface area contributed by atoms with E-state index < -0.39 is 0 Å². The monoisotopic (exact) mass is 312 g/mol. The van der Waals surface area contributed by atoms with Gasteiger partial charge < -0.3 is 10.2 Å². The highest BCUT2D eigenvalue weighted by molar-refractivity contribution is 6.35. The third-order valence-electron chi connectivity index (χ3n) is 4.74. The van der Waals surface area contributed by atoms with Crippen LogP contribution >= 0.6 is 23.2 Å². The fraction of sp³-hybridized carbons (Fsp3) is 0.625. The third kappa shape index (κ3) is 3.14. The molecule has 1 N–H and O–H groups in total. The lowest BCUT2D eigenvalue weighted by molar-refractivity contribution is 0.162. The average molecular weight is 313 g/mol. The lowest BCUT2D eigenvalue weighted by Crippen LogP contribution is -2.46. The average Bonchev–Trinajstić information content (AvgIpc) is 2.85. The minimum atomic E-state index is 0.276. The maximum absolute atomic E-state index is 6.30. The first-order chi connectivity index (χ1) is 9.63. The Balaban J connectivity index is 1.62. The Bertz CT molecular complexity index is 478. The normalized spacial score (nSPS) is 28.4. The number of benzene rings is 1. The minimum Gasteiger partial charge on any atom is -0.307 e. The number of nitrogens with zero attached hydrogens (tertiary/aromatic N) is 1. The second kappa shape index (κ2) is 6.23. The third-order valence-corrected chi connectivity index (χ3v) is 5.30. The quantitative estimate of drug-likeness (QED) is 0.896. The van der Waals surface area contributed by atoms with Crippen LogP contribution in [0, 0.1) is 0 Å². The van der Waals surface area contributed by atoms with Gasteiger partial charge in [0, 0.05) is 28.2 Å². The van der Waals surface area contributed by atoms with Gasteiger partial charge in [-0.3, -0.25) is 0 Å². The molecule has 3 unspecified atom stereocenters. The number of hydrogen-bond donors (Lipinski definition) is 1. The van der Waals surface area contributed by atoms with Crippen LogP contribution < -0.4 is 5.32 Å². The Morgan fingerprint density at radius 2 is 2.10 bits per heavy atom. The minimum absolute atomic E-state index is 0.276. The molecule has 2 nitrogen and oxygen atoms in total. The van der Waals surface area contributed by atoms with E-state index in [1.807, 2.05) is 18.2 Å². The molecular formula is C16H22Cl2N2. The summed E-state index contributed by atoms with van der Waals surface area (Å²) in [5.41, 5.74) is 1.14. The predicted octanol–water partition coefficient (Wildman–Crippen LogP) is 4.27. The van der Waals surface area contributed by atoms with Gasteiger partial charge in [-0.25, -0.2) is 0 Å². The summed E-state index contributed by atoms with van der Waals surface area (Å²) in [5.74, 6) is 0. The van der Waals surface area contributed by atoms with Crippen molar-refractivity contribution in [2.45, 2.75) is 50.7 Å². The largest absolute Gasteiger partial charge is 0.307 e. The van der Waals surface area contributed by atoms with Gasteiger partial charge in [-0.2, -0.15) is 0 Å². The Hall–Kier alpha value is -0.280. The summed E-state index contributed by atoms with van der Waals surface area (Å²) in [6.45, 7) is 4.73. The predicted molar refractivity (Wildman–Crippen MR) is 85.6 cm³/mol. The summed E-state index contributed by atoms with van der Waals surface area (Å²) in [6, 6.07) is 7.46. The van der Waals surface area contributed by atoms with Crippen molar-refractivity contribution in [3.63, 3.8) is 0 Å². The van der Waals surface area contributed by atoms with E-state index in [4.69, 9.17) is 23.2 Å². The van der Waals surface area contributed by atoms with Crippen molar-refractivity contribution in [1.82, 2.24) is 10.2 Å². The molecule has 2 fully saturated rings. The van der Waals surface area contributed by atoms with Crippen LogP contribution in [-0.2, 0) is 0 Å². The van der Waals surface area contributed by atoms with Crippen molar-refractivity contribution in [3.8, 4) is 0 Å². The number of nitrogens with one attached hydrogen (secondary N) is 1. The van der Waals surface area contributed by atoms with Gasteiger partial charge in [0.15, 0.2) is 0 Å². The maximum Gasteiger partial charge on any atom is 0.0468 e. The summed E-state index contributed by atoms with van der Waals surface area (Å²) < 4.78 is 0. The second-order valence-corrected chi connectivity index (χ2v) is 6.95. The summed E-state index contributed by atoms with van der Waals surface area (Å²) >= 11 is 12.3. The van der Waals surface area contributed by atoms with E-state index in [1.165, 1.54) is 38.8 Å². The molecule has 2 saturated heterocycles. The molecule has 1 aromatic carbocycles. The topological polar surface area (TPSA) is 15.3 Å². The molecule has 0 aromatic heterocycles. The van der Waals surface area contributed by atoms with Crippen molar-refractivity contribution in [1.29, 1.82) is 0 Å². The second-order valence-electron chi connectivity index (χ2n) is 6.11. The van der Waals surface area contributed by atoms with E-state index >= 15 is 0 Å². The van der Waals surface area contributed by atoms with Crippen LogP contribution in [0.25, 0.3) is 0 Å². The first kappa shape index (κ1) is 14.6. The van der Waals surface area contributed by atoms with Crippen LogP contribution in [0.3, 0.4) is 0 Å². The van der Waals surface area contributed by atoms with Crippen molar-refractivity contribution in [2.75, 3.05) is 13.1 Å². The summed E-state index contributed by atoms with van der Waals surface area (Å²) in [7, 11) is 0. The van der Waals surface area contributed by atoms with E-state index in [9.17, 15) is 0 Å². The van der Waals surface area contributed by atoms with Crippen LogP contribution in [0.1, 0.15) is 44.2 Å². The van der Waals surface area contributed by atoms with Gasteiger partial charge in [0.05, 0.1) is 0 Å². The van der Waals surface area contributed by atoms with Gasteiger partial charge in [-0.1, -0.05) is 29.3 Å². The maximum atomic E-state index is 6.30. The lowest BCUT2D eigenvalue weighted by atomic mass is 9.96. The molecule has 2 heterocycles. The first-order valence-electron chi connectivity index (χ1n) is 7.58. The molecule has 1 aromatic rings. The molecule has 3 rings (SSSR count). The zero-order valence-corrected chi connectivity index (χ0v) is 13.4. The number of piperidine rings is 1. The van der Waals surface area contributed by atoms with Crippen LogP contribution in [0.15, 0.2) is 18.2 Å². The SMILES string of the molecule is CC(NC1CCN2CCCC2C1)c1ccc(Cl)cc1Cl. The molecule has 20 heavy (non-hydrogen) atoms. The number of fused-ring (bicyclic) bond motifs is 1. The van der Waals surface area contributed by atoms with Crippen molar-refractivity contribution in [2.24, 2.45) is 0 Å². The molecule has 0 bridgehead atoms. The van der Waals surface area contributed by atoms with Crippen molar-refractivity contribution in [3.05, 3.63) is 33.8 Å². The standard InChI is InChI=1S/C16H22Cl2N2/c1-11(15-5-4-12(17)9-16(15)18)19-13-6-8-20-7-2-3-14(20)10-13/h4-5,9,11,13-14,19H,2-3,6-8,10H2,1H3. The zero-order valence-electron chi connectivity index (χ0n) is 11.9. The molecule has 0 amide bonds. The number of hydrogen-bond acceptors (Lipinski definition) is 2. The highest BCUT2D eigenvalue weighted by atomic mass is 35.5. The summed E-state index contributed by atoms with van der Waals surface area (Å²) in [4.78, 5) is 2.65. The fourth-order valence-electron chi connectivity index (χ4n) is 3.67. The molecule has 3 atom stereocenters. The molecule has 110 valence electrons. The zero-order chi connectivity index (χ0) is 14.1. The summed E-state index contributed by atoms with van der Waals surface area (Å²) in [6.07, 6.45) is 5.26. The molecule has 2 aliphatic rings. The van der Waals surface area contributed by atoms with Gasteiger partial charge in [0.25, 0.3) is 0 Å². The van der Waals surface area contributed by atoms with Gasteiger partial charge in [0.1, 0.15) is 0 Å². The van der Waals surface area contributed by atoms with Gasteiger partial charge >= 0.3 is 0 Å². The highest BCUT2D eigenvalue weighted by Gasteiger charge is 2.32. The smallest absolute Gasteiger partial charge is 0.0468 e. The highest BCUT2D eigenvalue weighted by Crippen LogP contribution is 2.30. The van der Waals surface area contributed by atoms with Gasteiger partial charge in [0.2, 0.25) is 0 Å². The molecule has 4 heteroatoms. The molecule has 0 saturated carbocycles. The first-order valence-corrected chi connectivity index (χ1v) is 8.34. The Morgan fingerprint density at radius 1 is 1.25 bits per heavy atom. The van der Waals surface area contributed by atoms with E-state index in [-0.39, 0.29) is 6.04 Å². The van der Waals surface area contributed by atoms with E-state index in [0.29, 0.717) is 11.1 Å². The van der Waals surface area contributed by atoms with Crippen LogP contribution in [0.2, 0.25) is 10.0 Å². The summed E-state index contributed by atoms with van der Waals surface area (Å²) in [5, 5.41) is 5.21.